The Hall–Kier alpha value is -2.42. The van der Waals surface area contributed by atoms with E-state index in [2.05, 4.69) is 129 Å². The molecule has 28 heavy (non-hydrogen) atoms. The van der Waals surface area contributed by atoms with Crippen molar-refractivity contribution in [1.82, 2.24) is 0 Å². The minimum atomic E-state index is 1.08. The first-order valence-electron chi connectivity index (χ1n) is 9.18. The number of benzene rings is 4. The molecule has 1 aliphatic rings. The second kappa shape index (κ2) is 7.20. The summed E-state index contributed by atoms with van der Waals surface area (Å²) in [4.78, 5) is 0. The molecule has 2 heteroatoms. The summed E-state index contributed by atoms with van der Waals surface area (Å²) in [5.41, 5.74) is 10.1. The van der Waals surface area contributed by atoms with Gasteiger partial charge in [-0.1, -0.05) is 105 Å². The van der Waals surface area contributed by atoms with Gasteiger partial charge in [-0.05, 0) is 68.8 Å². The van der Waals surface area contributed by atoms with Gasteiger partial charge in [-0.3, -0.25) is 0 Å². The maximum Gasteiger partial charge on any atom is 0.0181 e. The third-order valence-electron chi connectivity index (χ3n) is 5.16. The van der Waals surface area contributed by atoms with Crippen molar-refractivity contribution in [2.45, 2.75) is 0 Å². The Bertz CT molecular complexity index is 1140. The van der Waals surface area contributed by atoms with Crippen LogP contribution >= 0.6 is 31.9 Å². The van der Waals surface area contributed by atoms with E-state index in [1.165, 1.54) is 44.5 Å². The van der Waals surface area contributed by atoms with E-state index in [-0.39, 0.29) is 0 Å². The molecule has 0 amide bonds. The van der Waals surface area contributed by atoms with Crippen LogP contribution in [-0.2, 0) is 0 Å². The van der Waals surface area contributed by atoms with E-state index in [9.17, 15) is 0 Å². The fourth-order valence-electron chi connectivity index (χ4n) is 4.03. The Morgan fingerprint density at radius 1 is 0.464 bits per heavy atom. The molecule has 4 aromatic rings. The van der Waals surface area contributed by atoms with Crippen LogP contribution < -0.4 is 0 Å². The number of hydrogen-bond acceptors (Lipinski definition) is 0. The SMILES string of the molecule is Brc1cccc(C(=C2c3ccccc3-c3ccccc32)c2cccc(Br)c2)c1. The number of halogens is 2. The quantitative estimate of drug-likeness (QED) is 0.235. The third-order valence-corrected chi connectivity index (χ3v) is 6.15. The molecule has 0 unspecified atom stereocenters. The minimum absolute atomic E-state index is 1.08. The van der Waals surface area contributed by atoms with E-state index in [1.54, 1.807) is 0 Å². The predicted molar refractivity (Wildman–Crippen MR) is 125 cm³/mol. The third kappa shape index (κ3) is 2.97. The molecule has 0 aromatic heterocycles. The van der Waals surface area contributed by atoms with Gasteiger partial charge in [0.05, 0.1) is 0 Å². The average Bonchev–Trinajstić information content (AvgIpc) is 3.03. The Morgan fingerprint density at radius 2 is 0.893 bits per heavy atom. The number of fused-ring (bicyclic) bond motifs is 3. The maximum absolute atomic E-state index is 3.66. The zero-order valence-electron chi connectivity index (χ0n) is 15.0. The van der Waals surface area contributed by atoms with E-state index in [4.69, 9.17) is 0 Å². The normalized spacial score (nSPS) is 11.9. The maximum atomic E-state index is 3.66. The Kier molecular flexibility index (Phi) is 4.54. The molecule has 0 aliphatic heterocycles. The molecule has 0 bridgehead atoms. The topological polar surface area (TPSA) is 0 Å². The highest BCUT2D eigenvalue weighted by atomic mass is 79.9. The fourth-order valence-corrected chi connectivity index (χ4v) is 4.83. The molecule has 5 rings (SSSR count). The zero-order chi connectivity index (χ0) is 19.1. The first-order chi connectivity index (χ1) is 13.7. The van der Waals surface area contributed by atoms with Gasteiger partial charge in [0, 0.05) is 8.95 Å². The smallest absolute Gasteiger partial charge is 0.0181 e. The number of hydrogen-bond donors (Lipinski definition) is 0. The summed E-state index contributed by atoms with van der Waals surface area (Å²) in [6.07, 6.45) is 0. The first kappa shape index (κ1) is 17.7. The Morgan fingerprint density at radius 3 is 1.32 bits per heavy atom. The molecule has 1 aliphatic carbocycles. The van der Waals surface area contributed by atoms with Crippen molar-refractivity contribution in [3.63, 3.8) is 0 Å². The second-order valence-corrected chi connectivity index (χ2v) is 8.69. The lowest BCUT2D eigenvalue weighted by Gasteiger charge is -2.16. The molecule has 0 atom stereocenters. The predicted octanol–water partition coefficient (Wildman–Crippen LogP) is 8.20. The van der Waals surface area contributed by atoms with Crippen LogP contribution in [0.3, 0.4) is 0 Å². The van der Waals surface area contributed by atoms with Crippen LogP contribution in [0, 0.1) is 0 Å². The van der Waals surface area contributed by atoms with Crippen LogP contribution in [0.5, 0.6) is 0 Å². The van der Waals surface area contributed by atoms with Crippen molar-refractivity contribution in [2.75, 3.05) is 0 Å². The molecule has 0 saturated carbocycles. The van der Waals surface area contributed by atoms with Crippen LogP contribution in [0.1, 0.15) is 22.3 Å². The van der Waals surface area contributed by atoms with Crippen molar-refractivity contribution >= 4 is 43.0 Å². The summed E-state index contributed by atoms with van der Waals surface area (Å²) < 4.78 is 2.16. The molecule has 0 saturated heterocycles. The lowest BCUT2D eigenvalue weighted by atomic mass is 9.88. The second-order valence-electron chi connectivity index (χ2n) is 6.86. The highest BCUT2D eigenvalue weighted by Gasteiger charge is 2.26. The highest BCUT2D eigenvalue weighted by Crippen LogP contribution is 2.49. The molecule has 0 N–H and O–H groups in total. The fraction of sp³-hybridized carbons (Fsp3) is 0. The van der Waals surface area contributed by atoms with E-state index >= 15 is 0 Å². The molecular formula is C26H16Br2. The summed E-state index contributed by atoms with van der Waals surface area (Å²) in [6.45, 7) is 0. The Labute approximate surface area is 181 Å². The lowest BCUT2D eigenvalue weighted by molar-refractivity contribution is 1.51. The van der Waals surface area contributed by atoms with Gasteiger partial charge in [0.2, 0.25) is 0 Å². The highest BCUT2D eigenvalue weighted by molar-refractivity contribution is 9.10. The van der Waals surface area contributed by atoms with Crippen LogP contribution in [0.25, 0.3) is 22.3 Å². The van der Waals surface area contributed by atoms with Crippen molar-refractivity contribution in [1.29, 1.82) is 0 Å². The van der Waals surface area contributed by atoms with Gasteiger partial charge in [-0.2, -0.15) is 0 Å². The average molecular weight is 488 g/mol. The van der Waals surface area contributed by atoms with Gasteiger partial charge in [0.25, 0.3) is 0 Å². The van der Waals surface area contributed by atoms with E-state index in [1.807, 2.05) is 0 Å². The van der Waals surface area contributed by atoms with Crippen LogP contribution in [0.15, 0.2) is 106 Å². The van der Waals surface area contributed by atoms with Gasteiger partial charge in [-0.25, -0.2) is 0 Å². The summed E-state index contributed by atoms with van der Waals surface area (Å²) in [5.74, 6) is 0. The molecular weight excluding hydrogens is 472 g/mol. The Balaban J connectivity index is 1.93. The molecule has 134 valence electrons. The standard InChI is InChI=1S/C26H16Br2/c27-19-9-5-7-17(15-19)25(18-8-6-10-20(28)16-18)26-23-13-3-1-11-21(23)22-12-2-4-14-24(22)26/h1-16H. The van der Waals surface area contributed by atoms with E-state index in [0.717, 1.165) is 8.95 Å². The number of rotatable bonds is 2. The summed E-state index contributed by atoms with van der Waals surface area (Å²) >= 11 is 7.32. The summed E-state index contributed by atoms with van der Waals surface area (Å²) in [6, 6.07) is 34.6. The zero-order valence-corrected chi connectivity index (χ0v) is 18.2. The molecule has 0 heterocycles. The minimum Gasteiger partial charge on any atom is -0.0616 e. The van der Waals surface area contributed by atoms with Crippen molar-refractivity contribution < 1.29 is 0 Å². The van der Waals surface area contributed by atoms with Gasteiger partial charge >= 0.3 is 0 Å². The van der Waals surface area contributed by atoms with E-state index < -0.39 is 0 Å². The molecule has 0 spiro atoms. The lowest BCUT2D eigenvalue weighted by Crippen LogP contribution is -1.95. The molecule has 0 radical (unpaired) electrons. The van der Waals surface area contributed by atoms with Gasteiger partial charge < -0.3 is 0 Å². The van der Waals surface area contributed by atoms with Crippen molar-refractivity contribution in [3.8, 4) is 11.1 Å². The van der Waals surface area contributed by atoms with Crippen LogP contribution in [0.2, 0.25) is 0 Å². The van der Waals surface area contributed by atoms with Crippen LogP contribution in [0.4, 0.5) is 0 Å². The molecule has 4 aromatic carbocycles. The van der Waals surface area contributed by atoms with Gasteiger partial charge in [0.15, 0.2) is 0 Å². The monoisotopic (exact) mass is 486 g/mol. The van der Waals surface area contributed by atoms with E-state index in [0.29, 0.717) is 0 Å². The molecule has 0 nitrogen and oxygen atoms in total. The summed E-state index contributed by atoms with van der Waals surface area (Å²) in [5, 5.41) is 0. The van der Waals surface area contributed by atoms with Crippen molar-refractivity contribution in [3.05, 3.63) is 128 Å². The van der Waals surface area contributed by atoms with Crippen molar-refractivity contribution in [2.24, 2.45) is 0 Å². The molecule has 0 fully saturated rings. The first-order valence-corrected chi connectivity index (χ1v) is 10.8. The largest absolute Gasteiger partial charge is 0.0616 e. The van der Waals surface area contributed by atoms with Crippen LogP contribution in [-0.4, -0.2) is 0 Å². The van der Waals surface area contributed by atoms with Gasteiger partial charge in [-0.15, -0.1) is 0 Å². The van der Waals surface area contributed by atoms with Gasteiger partial charge in [0.1, 0.15) is 0 Å². The summed E-state index contributed by atoms with van der Waals surface area (Å²) in [7, 11) is 0.